The molecule has 5 aromatic carbocycles. The van der Waals surface area contributed by atoms with Crippen molar-refractivity contribution in [1.82, 2.24) is 9.78 Å². The highest BCUT2D eigenvalue weighted by Gasteiger charge is 2.50. The van der Waals surface area contributed by atoms with Crippen LogP contribution in [0.3, 0.4) is 0 Å². The first kappa shape index (κ1) is 42.1. The maximum Gasteiger partial charge on any atom is 0.239 e. The highest BCUT2D eigenvalue weighted by Crippen LogP contribution is 2.36. The molecule has 0 unspecified atom stereocenters. The third-order valence-electron chi connectivity index (χ3n) is 10.4. The first-order valence-electron chi connectivity index (χ1n) is 20.2. The zero-order valence-corrected chi connectivity index (χ0v) is 34.9. The molecule has 0 bridgehead atoms. The highest BCUT2D eigenvalue weighted by atomic mass is 35.5. The summed E-state index contributed by atoms with van der Waals surface area (Å²) in [5.41, 5.74) is 6.85. The van der Waals surface area contributed by atoms with E-state index in [1.807, 2.05) is 144 Å². The van der Waals surface area contributed by atoms with E-state index < -0.39 is 30.7 Å². The molecule has 10 heteroatoms. The molecule has 5 atom stereocenters. The van der Waals surface area contributed by atoms with Crippen LogP contribution in [-0.4, -0.2) is 54.2 Å². The zero-order chi connectivity index (χ0) is 41.0. The number of benzene rings is 5. The molecular weight excluding hydrogens is 764 g/mol. The van der Waals surface area contributed by atoms with Gasteiger partial charge in [-0.2, -0.15) is 0 Å². The molecule has 2 heterocycles. The Bertz CT molecular complexity index is 2170. The Hall–Kier alpha value is -5.00. The fourth-order valence-corrected chi connectivity index (χ4v) is 7.51. The van der Waals surface area contributed by atoms with Gasteiger partial charge in [-0.1, -0.05) is 139 Å². The van der Waals surface area contributed by atoms with Crippen LogP contribution in [0.2, 0.25) is 5.02 Å². The van der Waals surface area contributed by atoms with E-state index in [4.69, 9.17) is 49.9 Å². The second-order valence-electron chi connectivity index (χ2n) is 15.0. The van der Waals surface area contributed by atoms with E-state index >= 15 is 0 Å². The van der Waals surface area contributed by atoms with E-state index in [2.05, 4.69) is 20.8 Å². The minimum absolute atomic E-state index is 0.0618. The molecule has 0 radical (unpaired) electrons. The monoisotopic (exact) mass is 816 g/mol. The van der Waals surface area contributed by atoms with E-state index in [-0.39, 0.29) is 19.3 Å². The van der Waals surface area contributed by atoms with Crippen LogP contribution in [-0.2, 0) is 56.5 Å². The van der Waals surface area contributed by atoms with Crippen LogP contribution in [0.25, 0.3) is 0 Å². The van der Waals surface area contributed by atoms with Gasteiger partial charge >= 0.3 is 0 Å². The molecule has 308 valence electrons. The van der Waals surface area contributed by atoms with Crippen molar-refractivity contribution in [3.63, 3.8) is 0 Å². The van der Waals surface area contributed by atoms with Crippen molar-refractivity contribution < 1.29 is 33.2 Å². The Morgan fingerprint density at radius 2 is 1.17 bits per heavy atom. The molecule has 7 rings (SSSR count). The molecule has 1 aliphatic rings. The van der Waals surface area contributed by atoms with Gasteiger partial charge in [-0.15, -0.1) is 5.10 Å². The summed E-state index contributed by atoms with van der Waals surface area (Å²) in [4.78, 5) is 0. The molecule has 0 aliphatic carbocycles. The molecule has 0 saturated carbocycles. The summed E-state index contributed by atoms with van der Waals surface area (Å²) in [6.45, 7) is 7.78. The number of hydrogen-bond donors (Lipinski definition) is 0. The fourth-order valence-electron chi connectivity index (χ4n) is 7.27. The molecule has 0 amide bonds. The summed E-state index contributed by atoms with van der Waals surface area (Å²) in [6.07, 6.45) is -3.13. The van der Waals surface area contributed by atoms with Crippen molar-refractivity contribution in [1.29, 1.82) is 0 Å². The molecular formula is C49H53ClN2O7. The molecule has 59 heavy (non-hydrogen) atoms. The van der Waals surface area contributed by atoms with Gasteiger partial charge in [0, 0.05) is 28.7 Å². The minimum Gasteiger partial charge on any atom is -0.497 e. The smallest absolute Gasteiger partial charge is 0.239 e. The van der Waals surface area contributed by atoms with Crippen LogP contribution >= 0.6 is 11.6 Å². The third kappa shape index (κ3) is 11.2. The Morgan fingerprint density at radius 1 is 0.661 bits per heavy atom. The lowest BCUT2D eigenvalue weighted by Crippen LogP contribution is -2.62. The van der Waals surface area contributed by atoms with Gasteiger partial charge in [0.05, 0.1) is 40.1 Å². The fraction of sp³-hybridized carbons (Fsp3) is 0.327. The van der Waals surface area contributed by atoms with Gasteiger partial charge < -0.3 is 33.2 Å². The van der Waals surface area contributed by atoms with Gasteiger partial charge in [-0.3, -0.25) is 4.68 Å². The Balaban J connectivity index is 1.27. The van der Waals surface area contributed by atoms with E-state index in [1.54, 1.807) is 7.11 Å². The normalized spacial score (nSPS) is 19.2. The van der Waals surface area contributed by atoms with Gasteiger partial charge in [-0.05, 0) is 60.7 Å². The van der Waals surface area contributed by atoms with Crippen LogP contribution in [0.4, 0.5) is 0 Å². The van der Waals surface area contributed by atoms with E-state index in [1.165, 1.54) is 0 Å². The maximum absolute atomic E-state index is 7.01. The number of halogens is 1. The van der Waals surface area contributed by atoms with Crippen molar-refractivity contribution in [2.24, 2.45) is 0 Å². The van der Waals surface area contributed by atoms with Gasteiger partial charge in [0.1, 0.15) is 30.2 Å². The van der Waals surface area contributed by atoms with Crippen molar-refractivity contribution in [3.8, 4) is 11.6 Å². The molecule has 1 aliphatic heterocycles. The van der Waals surface area contributed by atoms with Crippen molar-refractivity contribution >= 4 is 11.6 Å². The van der Waals surface area contributed by atoms with Gasteiger partial charge in [0.25, 0.3) is 0 Å². The summed E-state index contributed by atoms with van der Waals surface area (Å²) >= 11 is 6.82. The summed E-state index contributed by atoms with van der Waals surface area (Å²) in [5.74, 6) is 1.11. The van der Waals surface area contributed by atoms with Crippen LogP contribution < -0.4 is 9.47 Å². The lowest BCUT2D eigenvalue weighted by Gasteiger charge is -2.45. The Labute approximate surface area is 352 Å². The van der Waals surface area contributed by atoms with Crippen molar-refractivity contribution in [2.45, 2.75) is 90.4 Å². The number of aromatic nitrogens is 2. The molecule has 1 fully saturated rings. The van der Waals surface area contributed by atoms with Crippen LogP contribution in [0, 0.1) is 6.92 Å². The zero-order valence-electron chi connectivity index (χ0n) is 34.1. The summed E-state index contributed by atoms with van der Waals surface area (Å²) in [7, 11) is 1.63. The predicted molar refractivity (Wildman–Crippen MR) is 229 cm³/mol. The average Bonchev–Trinajstić information content (AvgIpc) is 3.57. The Kier molecular flexibility index (Phi) is 14.9. The predicted octanol–water partition coefficient (Wildman–Crippen LogP) is 10.1. The van der Waals surface area contributed by atoms with Crippen LogP contribution in [0.1, 0.15) is 59.0 Å². The van der Waals surface area contributed by atoms with Crippen molar-refractivity contribution in [3.05, 3.63) is 184 Å². The first-order valence-corrected chi connectivity index (χ1v) is 20.5. The summed E-state index contributed by atoms with van der Waals surface area (Å²) in [5, 5.41) is 5.64. The highest BCUT2D eigenvalue weighted by molar-refractivity contribution is 6.31. The molecule has 1 aromatic heterocycles. The number of nitrogens with zero attached hydrogens (tertiary/aromatic N) is 2. The first-order chi connectivity index (χ1) is 28.9. The van der Waals surface area contributed by atoms with Crippen LogP contribution in [0.15, 0.2) is 140 Å². The maximum atomic E-state index is 7.01. The van der Waals surface area contributed by atoms with Gasteiger partial charge in [0.15, 0.2) is 0 Å². The number of ether oxygens (including phenoxy) is 7. The van der Waals surface area contributed by atoms with Gasteiger partial charge in [0.2, 0.25) is 12.2 Å². The summed E-state index contributed by atoms with van der Waals surface area (Å²) in [6, 6.07) is 46.1. The lowest BCUT2D eigenvalue weighted by molar-refractivity contribution is -0.310. The third-order valence-corrected chi connectivity index (χ3v) is 10.8. The lowest BCUT2D eigenvalue weighted by atomic mass is 9.97. The van der Waals surface area contributed by atoms with Crippen molar-refractivity contribution in [2.75, 3.05) is 13.7 Å². The average molecular weight is 817 g/mol. The molecule has 1 saturated heterocycles. The number of hydrogen-bond acceptors (Lipinski definition) is 8. The standard InChI is InChI=1S/C49H53ClN2O7/c1-34(2)52-35(3)42(27-40-25-26-41(53-4)28-43(40)50)48(51-52)59-49-47(57-32-39-23-15-8-16-24-39)46(56-31-38-21-13-7-14-22-38)45(55-30-37-19-11-6-12-20-37)44(58-49)33-54-29-36-17-9-5-10-18-36/h5-26,28,34,44-47,49H,27,29-33H2,1-4H3/t44-,45-,46+,47-,49+/m1/s1. The SMILES string of the molecule is COc1ccc(Cc2c(O[C@@H]3O[C@H](COCc4ccccc4)[C@@H](OCc4ccccc4)[C@H](OCc4ccccc4)[C@H]3OCc3ccccc3)nn(C(C)C)c2C)c(Cl)c1. The van der Waals surface area contributed by atoms with Gasteiger partial charge in [-0.25, -0.2) is 0 Å². The van der Waals surface area contributed by atoms with E-state index in [0.29, 0.717) is 42.9 Å². The number of methoxy groups -OCH3 is 1. The second kappa shape index (κ2) is 20.8. The van der Waals surface area contributed by atoms with E-state index in [0.717, 1.165) is 39.1 Å². The molecule has 0 spiro atoms. The summed E-state index contributed by atoms with van der Waals surface area (Å²) < 4.78 is 48.5. The van der Waals surface area contributed by atoms with Crippen LogP contribution in [0.5, 0.6) is 11.6 Å². The largest absolute Gasteiger partial charge is 0.497 e. The molecule has 9 nitrogen and oxygen atoms in total. The molecule has 0 N–H and O–H groups in total. The van der Waals surface area contributed by atoms with E-state index in [9.17, 15) is 0 Å². The topological polar surface area (TPSA) is 82.4 Å². The minimum atomic E-state index is -0.971. The quantitative estimate of drug-likeness (QED) is 0.0800. The second-order valence-corrected chi connectivity index (χ2v) is 15.4. The molecule has 6 aromatic rings. The Morgan fingerprint density at radius 3 is 1.68 bits per heavy atom. The number of rotatable bonds is 19.